The molecule has 0 bridgehead atoms. The van der Waals surface area contributed by atoms with Gasteiger partial charge >= 0.3 is 11.9 Å². The lowest BCUT2D eigenvalue weighted by Crippen LogP contribution is -2.48. The van der Waals surface area contributed by atoms with E-state index in [9.17, 15) is 14.4 Å². The number of ether oxygens (including phenoxy) is 2. The van der Waals surface area contributed by atoms with Crippen molar-refractivity contribution >= 4 is 23.5 Å². The Morgan fingerprint density at radius 1 is 1.00 bits per heavy atom. The molecule has 1 fully saturated rings. The minimum atomic E-state index is -1.42. The first kappa shape index (κ1) is 20.7. The number of hydrogen-bond donors (Lipinski definition) is 1. The second kappa shape index (κ2) is 10.5. The molecule has 2 rings (SSSR count). The molecule has 0 aliphatic carbocycles. The Bertz CT molecular complexity index is 620. The Morgan fingerprint density at radius 2 is 1.56 bits per heavy atom. The van der Waals surface area contributed by atoms with Gasteiger partial charge in [-0.2, -0.15) is 0 Å². The number of nitrogens with zero attached hydrogens (tertiary/aromatic N) is 1. The largest absolute Gasteiger partial charge is 0.464 e. The molecule has 148 valence electrons. The highest BCUT2D eigenvalue weighted by Gasteiger charge is 2.31. The molecule has 1 aliphatic heterocycles. The number of hydrogen-bond acceptors (Lipinski definition) is 6. The van der Waals surface area contributed by atoms with Gasteiger partial charge in [0.05, 0.1) is 13.2 Å². The molecule has 0 saturated carbocycles. The molecule has 1 aromatic carbocycles. The summed E-state index contributed by atoms with van der Waals surface area (Å²) in [6.45, 7) is 5.68. The predicted octanol–water partition coefficient (Wildman–Crippen LogP) is 1.83. The second-order valence-electron chi connectivity index (χ2n) is 6.37. The Hall–Kier alpha value is -2.57. The van der Waals surface area contributed by atoms with Crippen molar-refractivity contribution in [1.29, 1.82) is 0 Å². The number of aryl methyl sites for hydroxylation is 1. The van der Waals surface area contributed by atoms with Crippen molar-refractivity contribution in [1.82, 2.24) is 5.32 Å². The first-order chi connectivity index (χ1) is 13.0. The van der Waals surface area contributed by atoms with Crippen LogP contribution in [0.3, 0.4) is 0 Å². The van der Waals surface area contributed by atoms with E-state index in [4.69, 9.17) is 9.47 Å². The number of carbonyl (C=O) groups is 3. The van der Waals surface area contributed by atoms with E-state index in [1.165, 1.54) is 18.5 Å². The molecule has 0 atom stereocenters. The Labute approximate surface area is 160 Å². The molecule has 1 N–H and O–H groups in total. The Kier molecular flexibility index (Phi) is 8.10. The summed E-state index contributed by atoms with van der Waals surface area (Å²) in [4.78, 5) is 38.3. The van der Waals surface area contributed by atoms with Gasteiger partial charge < -0.3 is 19.7 Å². The summed E-state index contributed by atoms with van der Waals surface area (Å²) >= 11 is 0. The van der Waals surface area contributed by atoms with Gasteiger partial charge in [0.25, 0.3) is 0 Å². The molecule has 1 amide bonds. The van der Waals surface area contributed by atoms with Gasteiger partial charge in [0.1, 0.15) is 0 Å². The normalized spacial score (nSPS) is 13.5. The summed E-state index contributed by atoms with van der Waals surface area (Å²) in [7, 11) is 0. The molecule has 0 aromatic heterocycles. The van der Waals surface area contributed by atoms with Gasteiger partial charge in [-0.25, -0.2) is 9.59 Å². The van der Waals surface area contributed by atoms with E-state index in [0.29, 0.717) is 6.42 Å². The number of benzene rings is 1. The number of amides is 1. The predicted molar refractivity (Wildman–Crippen MR) is 101 cm³/mol. The van der Waals surface area contributed by atoms with Crippen LogP contribution < -0.4 is 10.2 Å². The quantitative estimate of drug-likeness (QED) is 0.523. The Balaban J connectivity index is 1.87. The fraction of sp³-hybridized carbons (Fsp3) is 0.550. The zero-order valence-electron chi connectivity index (χ0n) is 16.0. The van der Waals surface area contributed by atoms with E-state index in [1.54, 1.807) is 13.8 Å². The highest BCUT2D eigenvalue weighted by molar-refractivity contribution is 6.02. The molecule has 0 radical (unpaired) electrons. The van der Waals surface area contributed by atoms with E-state index in [1.807, 2.05) is 12.1 Å². The summed E-state index contributed by atoms with van der Waals surface area (Å²) in [6.07, 6.45) is 3.14. The van der Waals surface area contributed by atoms with Gasteiger partial charge in [0.2, 0.25) is 11.9 Å². The van der Waals surface area contributed by atoms with Crippen molar-refractivity contribution in [3.8, 4) is 0 Å². The lowest BCUT2D eigenvalue weighted by Gasteiger charge is -2.18. The molecule has 1 aromatic rings. The zero-order chi connectivity index (χ0) is 19.6. The van der Waals surface area contributed by atoms with E-state index in [-0.39, 0.29) is 19.6 Å². The number of esters is 2. The fourth-order valence-electron chi connectivity index (χ4n) is 3.01. The van der Waals surface area contributed by atoms with Crippen LogP contribution in [-0.2, 0) is 30.3 Å². The second-order valence-corrected chi connectivity index (χ2v) is 6.37. The van der Waals surface area contributed by atoms with Crippen LogP contribution >= 0.6 is 0 Å². The maximum absolute atomic E-state index is 12.2. The van der Waals surface area contributed by atoms with Crippen molar-refractivity contribution < 1.29 is 23.9 Å². The van der Waals surface area contributed by atoms with Crippen LogP contribution in [0.15, 0.2) is 24.3 Å². The summed E-state index contributed by atoms with van der Waals surface area (Å²) < 4.78 is 9.68. The van der Waals surface area contributed by atoms with E-state index in [0.717, 1.165) is 18.7 Å². The van der Waals surface area contributed by atoms with Crippen LogP contribution in [0.5, 0.6) is 0 Å². The smallest absolute Gasteiger partial charge is 0.340 e. The highest BCUT2D eigenvalue weighted by atomic mass is 16.6. The standard InChI is InChI=1S/C20H28N2O5/c1-3-26-19(24)18(20(25)27-4-2)21-17(23)12-9-15-7-10-16(11-8-15)22-13-5-6-14-22/h7-8,10-11,18H,3-6,9,12-14H2,1-2H3,(H,21,23). The number of anilines is 1. The van der Waals surface area contributed by atoms with Crippen molar-refractivity contribution in [3.05, 3.63) is 29.8 Å². The van der Waals surface area contributed by atoms with Gasteiger partial charge in [-0.15, -0.1) is 0 Å². The van der Waals surface area contributed by atoms with E-state index < -0.39 is 23.9 Å². The number of rotatable bonds is 9. The van der Waals surface area contributed by atoms with Gasteiger partial charge in [0, 0.05) is 25.2 Å². The third-order valence-corrected chi connectivity index (χ3v) is 4.40. The summed E-state index contributed by atoms with van der Waals surface area (Å²) in [5.41, 5.74) is 2.22. The molecule has 0 unspecified atom stereocenters. The van der Waals surface area contributed by atoms with Crippen molar-refractivity contribution in [2.45, 2.75) is 45.6 Å². The van der Waals surface area contributed by atoms with Crippen LogP contribution in [0.4, 0.5) is 5.69 Å². The monoisotopic (exact) mass is 376 g/mol. The first-order valence-corrected chi connectivity index (χ1v) is 9.51. The van der Waals surface area contributed by atoms with E-state index >= 15 is 0 Å². The third kappa shape index (κ3) is 6.27. The van der Waals surface area contributed by atoms with Crippen LogP contribution in [0.25, 0.3) is 0 Å². The molecule has 1 heterocycles. The number of carbonyl (C=O) groups excluding carboxylic acids is 3. The molecule has 0 spiro atoms. The van der Waals surface area contributed by atoms with Gasteiger partial charge in [-0.1, -0.05) is 12.1 Å². The molecule has 7 nitrogen and oxygen atoms in total. The van der Waals surface area contributed by atoms with Crippen LogP contribution in [0.1, 0.15) is 38.7 Å². The van der Waals surface area contributed by atoms with Crippen molar-refractivity contribution in [2.75, 3.05) is 31.2 Å². The molecule has 1 saturated heterocycles. The lowest BCUT2D eigenvalue weighted by molar-refractivity contribution is -0.159. The van der Waals surface area contributed by atoms with E-state index in [2.05, 4.69) is 22.3 Å². The average Bonchev–Trinajstić information content (AvgIpc) is 3.20. The lowest BCUT2D eigenvalue weighted by atomic mass is 10.1. The van der Waals surface area contributed by atoms with Crippen LogP contribution in [0, 0.1) is 0 Å². The summed E-state index contributed by atoms with van der Waals surface area (Å²) in [5.74, 6) is -2.01. The topological polar surface area (TPSA) is 84.9 Å². The summed E-state index contributed by atoms with van der Waals surface area (Å²) in [5, 5.41) is 2.42. The maximum atomic E-state index is 12.2. The molecular weight excluding hydrogens is 348 g/mol. The van der Waals surface area contributed by atoms with Crippen molar-refractivity contribution in [2.24, 2.45) is 0 Å². The minimum absolute atomic E-state index is 0.119. The SMILES string of the molecule is CCOC(=O)C(NC(=O)CCc1ccc(N2CCCC2)cc1)C(=O)OCC. The van der Waals surface area contributed by atoms with Crippen molar-refractivity contribution in [3.63, 3.8) is 0 Å². The average molecular weight is 376 g/mol. The van der Waals surface area contributed by atoms with Gasteiger partial charge in [-0.05, 0) is 50.8 Å². The molecule has 1 aliphatic rings. The van der Waals surface area contributed by atoms with Gasteiger partial charge in [-0.3, -0.25) is 4.79 Å². The third-order valence-electron chi connectivity index (χ3n) is 4.40. The minimum Gasteiger partial charge on any atom is -0.464 e. The highest BCUT2D eigenvalue weighted by Crippen LogP contribution is 2.20. The fourth-order valence-corrected chi connectivity index (χ4v) is 3.01. The number of nitrogens with one attached hydrogen (secondary N) is 1. The summed E-state index contributed by atoms with van der Waals surface area (Å²) in [6, 6.07) is 6.73. The Morgan fingerprint density at radius 3 is 2.07 bits per heavy atom. The molecule has 27 heavy (non-hydrogen) atoms. The maximum Gasteiger partial charge on any atom is 0.340 e. The molecule has 7 heteroatoms. The first-order valence-electron chi connectivity index (χ1n) is 9.51. The van der Waals surface area contributed by atoms with Gasteiger partial charge in [0.15, 0.2) is 0 Å². The molecular formula is C20H28N2O5. The van der Waals surface area contributed by atoms with Crippen LogP contribution in [-0.4, -0.2) is 50.2 Å². The zero-order valence-corrected chi connectivity index (χ0v) is 16.0. The van der Waals surface area contributed by atoms with Crippen LogP contribution in [0.2, 0.25) is 0 Å².